The second kappa shape index (κ2) is 7.95. The molecule has 0 bridgehead atoms. The number of hydrogen-bond donors (Lipinski definition) is 0. The number of rotatable bonds is 4. The minimum atomic E-state index is -0.215. The van der Waals surface area contributed by atoms with Crippen LogP contribution in [0.4, 0.5) is 0 Å². The van der Waals surface area contributed by atoms with E-state index < -0.39 is 0 Å². The van der Waals surface area contributed by atoms with Gasteiger partial charge in [0, 0.05) is 45.1 Å². The number of imidazole rings is 1. The normalized spacial score (nSPS) is 16.9. The maximum absolute atomic E-state index is 12.7. The van der Waals surface area contributed by atoms with Gasteiger partial charge in [-0.1, -0.05) is 12.1 Å². The molecule has 6 heteroatoms. The number of aromatic nitrogens is 2. The van der Waals surface area contributed by atoms with E-state index in [1.807, 2.05) is 46.9 Å². The molecule has 0 aliphatic carbocycles. The van der Waals surface area contributed by atoms with Crippen molar-refractivity contribution >= 4 is 5.91 Å². The van der Waals surface area contributed by atoms with Crippen LogP contribution in [0.25, 0.3) is 0 Å². The molecule has 2 heterocycles. The summed E-state index contributed by atoms with van der Waals surface area (Å²) in [6, 6.07) is 9.66. The Morgan fingerprint density at radius 1 is 1.24 bits per heavy atom. The summed E-state index contributed by atoms with van der Waals surface area (Å²) in [7, 11) is 0. The maximum atomic E-state index is 12.7. The average molecular weight is 337 g/mol. The number of amides is 1. The van der Waals surface area contributed by atoms with Gasteiger partial charge < -0.3 is 9.47 Å². The predicted octanol–water partition coefficient (Wildman–Crippen LogP) is 2.05. The van der Waals surface area contributed by atoms with Crippen molar-refractivity contribution in [3.05, 3.63) is 54.1 Å². The fourth-order valence-corrected chi connectivity index (χ4v) is 3.18. The standard InChI is InChI=1S/C19H23N5O/c1-16(24-10-7-21-15-24)19(25)23-9-2-8-22(11-12-23)14-18-5-3-17(13-20)4-6-18/h3-7,10,15-16H,2,8-9,11-12,14H2,1H3/t16-/m0/s1. The van der Waals surface area contributed by atoms with Crippen molar-refractivity contribution in [3.63, 3.8) is 0 Å². The molecule has 0 N–H and O–H groups in total. The zero-order valence-electron chi connectivity index (χ0n) is 14.5. The highest BCUT2D eigenvalue weighted by Crippen LogP contribution is 2.14. The zero-order valence-corrected chi connectivity index (χ0v) is 14.5. The van der Waals surface area contributed by atoms with Gasteiger partial charge in [-0.3, -0.25) is 9.69 Å². The van der Waals surface area contributed by atoms with Crippen LogP contribution in [-0.4, -0.2) is 51.4 Å². The highest BCUT2D eigenvalue weighted by Gasteiger charge is 2.24. The molecular weight excluding hydrogens is 314 g/mol. The third-order valence-corrected chi connectivity index (χ3v) is 4.72. The number of carbonyl (C=O) groups is 1. The molecule has 0 radical (unpaired) electrons. The molecule has 3 rings (SSSR count). The molecular formula is C19H23N5O. The van der Waals surface area contributed by atoms with E-state index in [0.717, 1.165) is 39.1 Å². The van der Waals surface area contributed by atoms with E-state index in [0.29, 0.717) is 5.56 Å². The quantitative estimate of drug-likeness (QED) is 0.856. The highest BCUT2D eigenvalue weighted by molar-refractivity contribution is 5.80. The van der Waals surface area contributed by atoms with Crippen LogP contribution in [0.3, 0.4) is 0 Å². The van der Waals surface area contributed by atoms with Crippen LogP contribution in [0.2, 0.25) is 0 Å². The average Bonchev–Trinajstić information content (AvgIpc) is 3.08. The first kappa shape index (κ1) is 17.2. The molecule has 1 saturated heterocycles. The van der Waals surface area contributed by atoms with Gasteiger partial charge in [0.05, 0.1) is 18.0 Å². The number of nitrogens with zero attached hydrogens (tertiary/aromatic N) is 5. The monoisotopic (exact) mass is 337 g/mol. The first-order valence-electron chi connectivity index (χ1n) is 8.65. The summed E-state index contributed by atoms with van der Waals surface area (Å²) >= 11 is 0. The van der Waals surface area contributed by atoms with E-state index in [1.165, 1.54) is 5.56 Å². The van der Waals surface area contributed by atoms with Gasteiger partial charge >= 0.3 is 0 Å². The molecule has 130 valence electrons. The summed E-state index contributed by atoms with van der Waals surface area (Å²) in [6.07, 6.45) is 6.19. The number of nitriles is 1. The number of carbonyl (C=O) groups excluding carboxylic acids is 1. The van der Waals surface area contributed by atoms with Gasteiger partial charge in [-0.2, -0.15) is 5.26 Å². The first-order valence-corrected chi connectivity index (χ1v) is 8.65. The minimum Gasteiger partial charge on any atom is -0.340 e. The summed E-state index contributed by atoms with van der Waals surface area (Å²) < 4.78 is 1.85. The Bertz CT molecular complexity index is 732. The number of benzene rings is 1. The van der Waals surface area contributed by atoms with Crippen molar-refractivity contribution in [2.24, 2.45) is 0 Å². The molecule has 0 saturated carbocycles. The van der Waals surface area contributed by atoms with Crippen LogP contribution < -0.4 is 0 Å². The van der Waals surface area contributed by atoms with E-state index >= 15 is 0 Å². The lowest BCUT2D eigenvalue weighted by molar-refractivity contribution is -0.134. The molecule has 0 spiro atoms. The van der Waals surface area contributed by atoms with Crippen molar-refractivity contribution in [1.82, 2.24) is 19.4 Å². The molecule has 1 amide bonds. The summed E-state index contributed by atoms with van der Waals surface area (Å²) in [5.74, 6) is 0.151. The minimum absolute atomic E-state index is 0.151. The zero-order chi connectivity index (χ0) is 17.6. The Balaban J connectivity index is 1.56. The summed E-state index contributed by atoms with van der Waals surface area (Å²) in [4.78, 5) is 21.1. The summed E-state index contributed by atoms with van der Waals surface area (Å²) in [5.41, 5.74) is 1.88. The van der Waals surface area contributed by atoms with Gasteiger partial charge in [0.1, 0.15) is 6.04 Å². The molecule has 2 aromatic rings. The molecule has 1 atom stereocenters. The van der Waals surface area contributed by atoms with E-state index in [1.54, 1.807) is 12.5 Å². The van der Waals surface area contributed by atoms with Crippen molar-refractivity contribution in [2.75, 3.05) is 26.2 Å². The lowest BCUT2D eigenvalue weighted by atomic mass is 10.1. The Morgan fingerprint density at radius 3 is 2.72 bits per heavy atom. The van der Waals surface area contributed by atoms with E-state index in [-0.39, 0.29) is 11.9 Å². The molecule has 6 nitrogen and oxygen atoms in total. The second-order valence-corrected chi connectivity index (χ2v) is 6.45. The van der Waals surface area contributed by atoms with Gasteiger partial charge in [-0.25, -0.2) is 4.98 Å². The van der Waals surface area contributed by atoms with Gasteiger partial charge in [-0.05, 0) is 31.0 Å². The van der Waals surface area contributed by atoms with Gasteiger partial charge in [0.25, 0.3) is 0 Å². The van der Waals surface area contributed by atoms with Crippen LogP contribution >= 0.6 is 0 Å². The summed E-state index contributed by atoms with van der Waals surface area (Å²) in [6.45, 7) is 6.15. The van der Waals surface area contributed by atoms with Crippen molar-refractivity contribution in [1.29, 1.82) is 5.26 Å². The van der Waals surface area contributed by atoms with E-state index in [9.17, 15) is 4.79 Å². The molecule has 1 aromatic carbocycles. The van der Waals surface area contributed by atoms with E-state index in [4.69, 9.17) is 5.26 Å². The molecule has 0 unspecified atom stereocenters. The lowest BCUT2D eigenvalue weighted by Crippen LogP contribution is -2.38. The van der Waals surface area contributed by atoms with Gasteiger partial charge in [0.15, 0.2) is 0 Å². The van der Waals surface area contributed by atoms with Crippen LogP contribution in [-0.2, 0) is 11.3 Å². The largest absolute Gasteiger partial charge is 0.340 e. The van der Waals surface area contributed by atoms with Crippen molar-refractivity contribution in [3.8, 4) is 6.07 Å². The van der Waals surface area contributed by atoms with E-state index in [2.05, 4.69) is 16.0 Å². The van der Waals surface area contributed by atoms with Crippen LogP contribution in [0.1, 0.15) is 30.5 Å². The Labute approximate surface area is 148 Å². The van der Waals surface area contributed by atoms with Crippen molar-refractivity contribution < 1.29 is 4.79 Å². The third-order valence-electron chi connectivity index (χ3n) is 4.72. The van der Waals surface area contributed by atoms with Crippen molar-refractivity contribution in [2.45, 2.75) is 25.9 Å². The predicted molar refractivity (Wildman–Crippen MR) is 94.6 cm³/mol. The highest BCUT2D eigenvalue weighted by atomic mass is 16.2. The van der Waals surface area contributed by atoms with Gasteiger partial charge in [0.2, 0.25) is 5.91 Å². The molecule has 25 heavy (non-hydrogen) atoms. The summed E-state index contributed by atoms with van der Waals surface area (Å²) in [5, 5.41) is 8.88. The fourth-order valence-electron chi connectivity index (χ4n) is 3.18. The third kappa shape index (κ3) is 4.25. The second-order valence-electron chi connectivity index (χ2n) is 6.45. The maximum Gasteiger partial charge on any atom is 0.245 e. The Kier molecular flexibility index (Phi) is 5.46. The van der Waals surface area contributed by atoms with Gasteiger partial charge in [-0.15, -0.1) is 0 Å². The fraction of sp³-hybridized carbons (Fsp3) is 0.421. The molecule has 1 aromatic heterocycles. The van der Waals surface area contributed by atoms with Crippen LogP contribution in [0.15, 0.2) is 43.0 Å². The first-order chi connectivity index (χ1) is 12.2. The van der Waals surface area contributed by atoms with Crippen LogP contribution in [0.5, 0.6) is 0 Å². The lowest BCUT2D eigenvalue weighted by Gasteiger charge is -2.25. The molecule has 1 fully saturated rings. The molecule has 1 aliphatic heterocycles. The number of hydrogen-bond acceptors (Lipinski definition) is 4. The smallest absolute Gasteiger partial charge is 0.245 e. The SMILES string of the molecule is C[C@@H](C(=O)N1CCCN(Cc2ccc(C#N)cc2)CC1)n1ccnc1. The topological polar surface area (TPSA) is 65.2 Å². The Hall–Kier alpha value is -2.65. The van der Waals surface area contributed by atoms with Crippen LogP contribution in [0, 0.1) is 11.3 Å². The molecule has 1 aliphatic rings. The Morgan fingerprint density at radius 2 is 2.04 bits per heavy atom.